The maximum Gasteiger partial charge on any atom is 0.251 e. The van der Waals surface area contributed by atoms with Crippen molar-refractivity contribution in [2.24, 2.45) is 0 Å². The SMILES string of the molecule is O=C(NC[C@]1(O)CCCN(c2cnccn2)C1)c1ccc2c(c1)CCC2. The quantitative estimate of drug-likeness (QED) is 0.876. The van der Waals surface area contributed by atoms with Gasteiger partial charge < -0.3 is 15.3 Å². The van der Waals surface area contributed by atoms with Crippen LogP contribution in [0.15, 0.2) is 36.8 Å². The Labute approximate surface area is 153 Å². The van der Waals surface area contributed by atoms with Crippen LogP contribution < -0.4 is 10.2 Å². The van der Waals surface area contributed by atoms with Crippen molar-refractivity contribution in [1.29, 1.82) is 0 Å². The molecule has 136 valence electrons. The Kier molecular flexibility index (Phi) is 4.59. The molecule has 2 aliphatic rings. The predicted molar refractivity (Wildman–Crippen MR) is 99.2 cm³/mol. The highest BCUT2D eigenvalue weighted by molar-refractivity contribution is 5.94. The summed E-state index contributed by atoms with van der Waals surface area (Å²) < 4.78 is 0. The second kappa shape index (κ2) is 7.03. The molecule has 0 unspecified atom stereocenters. The number of benzene rings is 1. The zero-order chi connectivity index (χ0) is 18.0. The molecule has 6 nitrogen and oxygen atoms in total. The number of piperidine rings is 1. The molecule has 1 saturated heterocycles. The molecular formula is C20H24N4O2. The van der Waals surface area contributed by atoms with E-state index in [4.69, 9.17) is 0 Å². The molecule has 2 N–H and O–H groups in total. The van der Waals surface area contributed by atoms with Crippen LogP contribution in [0.1, 0.15) is 40.7 Å². The number of rotatable bonds is 4. The number of carbonyl (C=O) groups is 1. The monoisotopic (exact) mass is 352 g/mol. The van der Waals surface area contributed by atoms with Crippen LogP contribution in [-0.4, -0.2) is 46.2 Å². The Morgan fingerprint density at radius 2 is 2.12 bits per heavy atom. The van der Waals surface area contributed by atoms with Crippen LogP contribution in [0.4, 0.5) is 5.82 Å². The van der Waals surface area contributed by atoms with Gasteiger partial charge in [-0.15, -0.1) is 0 Å². The standard InChI is InChI=1S/C20H24N4O2/c25-19(17-6-5-15-3-1-4-16(15)11-17)23-13-20(26)7-2-10-24(14-20)18-12-21-8-9-22-18/h5-6,8-9,11-12,26H,1-4,7,10,13-14H2,(H,23,25)/t20-/m1/s1. The summed E-state index contributed by atoms with van der Waals surface area (Å²) in [5.74, 6) is 0.639. The topological polar surface area (TPSA) is 78.4 Å². The van der Waals surface area contributed by atoms with Gasteiger partial charge in [-0.1, -0.05) is 6.07 Å². The van der Waals surface area contributed by atoms with Crippen LogP contribution >= 0.6 is 0 Å². The average Bonchev–Trinajstić information content (AvgIpc) is 3.15. The van der Waals surface area contributed by atoms with Crippen molar-refractivity contribution < 1.29 is 9.90 Å². The summed E-state index contributed by atoms with van der Waals surface area (Å²) in [6.07, 6.45) is 9.82. The van der Waals surface area contributed by atoms with Gasteiger partial charge in [0.05, 0.1) is 11.8 Å². The molecule has 1 atom stereocenters. The molecule has 6 heteroatoms. The Balaban J connectivity index is 1.39. The van der Waals surface area contributed by atoms with Gasteiger partial charge in [0.2, 0.25) is 0 Å². The number of carbonyl (C=O) groups excluding carboxylic acids is 1. The normalized spacial score (nSPS) is 22.1. The molecular weight excluding hydrogens is 328 g/mol. The highest BCUT2D eigenvalue weighted by Gasteiger charge is 2.34. The van der Waals surface area contributed by atoms with Crippen LogP contribution in [0.2, 0.25) is 0 Å². The number of hydrogen-bond donors (Lipinski definition) is 2. The third kappa shape index (κ3) is 3.55. The van der Waals surface area contributed by atoms with Crippen molar-refractivity contribution in [3.05, 3.63) is 53.5 Å². The number of nitrogens with one attached hydrogen (secondary N) is 1. The van der Waals surface area contributed by atoms with E-state index in [9.17, 15) is 9.90 Å². The van der Waals surface area contributed by atoms with Crippen LogP contribution in [-0.2, 0) is 12.8 Å². The fourth-order valence-corrected chi connectivity index (χ4v) is 3.97. The first-order valence-corrected chi connectivity index (χ1v) is 9.26. The van der Waals surface area contributed by atoms with E-state index in [1.54, 1.807) is 18.6 Å². The van der Waals surface area contributed by atoms with Crippen molar-refractivity contribution in [3.63, 3.8) is 0 Å². The Bertz CT molecular complexity index is 796. The fourth-order valence-electron chi connectivity index (χ4n) is 3.97. The van der Waals surface area contributed by atoms with E-state index in [1.165, 1.54) is 17.5 Å². The second-order valence-corrected chi connectivity index (χ2v) is 7.33. The lowest BCUT2D eigenvalue weighted by molar-refractivity contribution is 0.0254. The molecule has 1 fully saturated rings. The number of aryl methyl sites for hydroxylation is 2. The summed E-state index contributed by atoms with van der Waals surface area (Å²) in [4.78, 5) is 23.0. The number of β-amino-alcohol motifs (C(OH)–C–C–N with tert-alkyl or cyclic N) is 1. The molecule has 1 amide bonds. The molecule has 26 heavy (non-hydrogen) atoms. The number of hydrogen-bond acceptors (Lipinski definition) is 5. The Morgan fingerprint density at radius 3 is 2.96 bits per heavy atom. The Hall–Kier alpha value is -2.47. The molecule has 1 aromatic heterocycles. The lowest BCUT2D eigenvalue weighted by atomic mass is 9.92. The van der Waals surface area contributed by atoms with E-state index < -0.39 is 5.60 Å². The molecule has 1 aliphatic heterocycles. The lowest BCUT2D eigenvalue weighted by Gasteiger charge is -2.39. The summed E-state index contributed by atoms with van der Waals surface area (Å²) in [6.45, 7) is 1.51. The van der Waals surface area contributed by atoms with Gasteiger partial charge in [-0.3, -0.25) is 9.78 Å². The fraction of sp³-hybridized carbons (Fsp3) is 0.450. The van der Waals surface area contributed by atoms with Crippen LogP contribution in [0.5, 0.6) is 0 Å². The van der Waals surface area contributed by atoms with E-state index >= 15 is 0 Å². The molecule has 4 rings (SSSR count). The van der Waals surface area contributed by atoms with Crippen LogP contribution in [0.25, 0.3) is 0 Å². The Morgan fingerprint density at radius 1 is 1.23 bits per heavy atom. The summed E-state index contributed by atoms with van der Waals surface area (Å²) in [7, 11) is 0. The minimum absolute atomic E-state index is 0.121. The highest BCUT2D eigenvalue weighted by Crippen LogP contribution is 2.25. The van der Waals surface area contributed by atoms with Crippen LogP contribution in [0, 0.1) is 0 Å². The first kappa shape index (κ1) is 17.0. The molecule has 2 aromatic rings. The van der Waals surface area contributed by atoms with E-state index in [-0.39, 0.29) is 12.5 Å². The summed E-state index contributed by atoms with van der Waals surface area (Å²) >= 11 is 0. The first-order valence-electron chi connectivity index (χ1n) is 9.26. The minimum Gasteiger partial charge on any atom is -0.386 e. The number of aromatic nitrogens is 2. The zero-order valence-electron chi connectivity index (χ0n) is 14.8. The smallest absolute Gasteiger partial charge is 0.251 e. The summed E-state index contributed by atoms with van der Waals surface area (Å²) in [5, 5.41) is 13.9. The van der Waals surface area contributed by atoms with Gasteiger partial charge in [-0.05, 0) is 55.4 Å². The predicted octanol–water partition coefficient (Wildman–Crippen LogP) is 1.73. The molecule has 1 aromatic carbocycles. The molecule has 1 aliphatic carbocycles. The van der Waals surface area contributed by atoms with Gasteiger partial charge in [0.25, 0.3) is 5.91 Å². The number of nitrogens with zero attached hydrogens (tertiary/aromatic N) is 3. The number of aliphatic hydroxyl groups is 1. The molecule has 2 heterocycles. The van der Waals surface area contributed by atoms with Gasteiger partial charge in [0.15, 0.2) is 0 Å². The van der Waals surface area contributed by atoms with Gasteiger partial charge in [0, 0.05) is 37.6 Å². The van der Waals surface area contributed by atoms with Crippen molar-refractivity contribution >= 4 is 11.7 Å². The van der Waals surface area contributed by atoms with Crippen LogP contribution in [0.3, 0.4) is 0 Å². The zero-order valence-corrected chi connectivity index (χ0v) is 14.8. The average molecular weight is 352 g/mol. The first-order chi connectivity index (χ1) is 12.6. The second-order valence-electron chi connectivity index (χ2n) is 7.33. The summed E-state index contributed by atoms with van der Waals surface area (Å²) in [5.41, 5.74) is 2.35. The number of fused-ring (bicyclic) bond motifs is 1. The van der Waals surface area contributed by atoms with Crippen molar-refractivity contribution in [2.45, 2.75) is 37.7 Å². The maximum absolute atomic E-state index is 12.5. The number of amides is 1. The van der Waals surface area contributed by atoms with Gasteiger partial charge >= 0.3 is 0 Å². The third-order valence-corrected chi connectivity index (χ3v) is 5.37. The minimum atomic E-state index is -0.956. The molecule has 0 saturated carbocycles. The van der Waals surface area contributed by atoms with E-state index in [0.717, 1.165) is 31.6 Å². The van der Waals surface area contributed by atoms with Gasteiger partial charge in [-0.2, -0.15) is 0 Å². The van der Waals surface area contributed by atoms with Crippen molar-refractivity contribution in [2.75, 3.05) is 24.5 Å². The molecule has 0 radical (unpaired) electrons. The largest absolute Gasteiger partial charge is 0.386 e. The van der Waals surface area contributed by atoms with E-state index in [1.807, 2.05) is 17.0 Å². The van der Waals surface area contributed by atoms with Gasteiger partial charge in [0.1, 0.15) is 5.82 Å². The van der Waals surface area contributed by atoms with E-state index in [2.05, 4.69) is 21.4 Å². The maximum atomic E-state index is 12.5. The van der Waals surface area contributed by atoms with Crippen molar-refractivity contribution in [3.8, 4) is 0 Å². The molecule has 0 spiro atoms. The number of anilines is 1. The summed E-state index contributed by atoms with van der Waals surface area (Å²) in [6, 6.07) is 5.94. The highest BCUT2D eigenvalue weighted by atomic mass is 16.3. The van der Waals surface area contributed by atoms with E-state index in [0.29, 0.717) is 18.5 Å². The van der Waals surface area contributed by atoms with Crippen molar-refractivity contribution in [1.82, 2.24) is 15.3 Å². The van der Waals surface area contributed by atoms with Gasteiger partial charge in [-0.25, -0.2) is 4.98 Å². The third-order valence-electron chi connectivity index (χ3n) is 5.37. The lowest BCUT2D eigenvalue weighted by Crippen LogP contribution is -2.54. The molecule has 0 bridgehead atoms.